The lowest BCUT2D eigenvalue weighted by Gasteiger charge is -2.18. The smallest absolute Gasteiger partial charge is 0.268 e. The Bertz CT molecular complexity index is 1290. The average Bonchev–Trinajstić information content (AvgIpc) is 2.88. The molecule has 5 nitrogen and oxygen atoms in total. The van der Waals surface area contributed by atoms with Crippen molar-refractivity contribution in [3.8, 4) is 5.69 Å². The molecule has 0 amide bonds. The van der Waals surface area contributed by atoms with Crippen LogP contribution in [0.3, 0.4) is 0 Å². The second-order valence-corrected chi connectivity index (χ2v) is 10.6. The Morgan fingerprint density at radius 3 is 2.06 bits per heavy atom. The zero-order valence-electron chi connectivity index (χ0n) is 21.7. The van der Waals surface area contributed by atoms with Crippen LogP contribution in [0.5, 0.6) is 0 Å². The zero-order valence-corrected chi connectivity index (χ0v) is 23.8. The van der Waals surface area contributed by atoms with Gasteiger partial charge in [0.1, 0.15) is 0 Å². The molecule has 0 saturated heterocycles. The maximum Gasteiger partial charge on any atom is 0.342 e. The topological polar surface area (TPSA) is 61.1 Å². The first-order valence-electron chi connectivity index (χ1n) is 13.2. The fourth-order valence-electron chi connectivity index (χ4n) is 4.48. The van der Waals surface area contributed by atoms with Gasteiger partial charge in [-0.2, -0.15) is 4.57 Å². The minimum atomic E-state index is -0.618. The Morgan fingerprint density at radius 2 is 1.44 bits per heavy atom. The van der Waals surface area contributed by atoms with Gasteiger partial charge in [-0.15, -0.1) is 0 Å². The lowest BCUT2D eigenvalue weighted by Crippen LogP contribution is -2.44. The molecule has 1 heterocycles. The monoisotopic (exact) mass is 600 g/mol. The number of carbonyl (C=O) groups excluding carboxylic acids is 1. The summed E-state index contributed by atoms with van der Waals surface area (Å²) >= 11 is 2.40. The Balaban J connectivity index is 2.13. The van der Waals surface area contributed by atoms with Gasteiger partial charge in [0.2, 0.25) is 0 Å². The number of carbonyl (C=O) groups is 1. The number of unbranched alkanes of at least 4 members (excludes halogenated alkanes) is 6. The number of nitrogens with zero attached hydrogens (tertiary/aromatic N) is 2. The number of hydrogen-bond acceptors (Lipinski definition) is 3. The van der Waals surface area contributed by atoms with Gasteiger partial charge in [0.25, 0.3) is 11.5 Å². The van der Waals surface area contributed by atoms with Crippen LogP contribution in [0.1, 0.15) is 92.3 Å². The van der Waals surface area contributed by atoms with Crippen molar-refractivity contribution in [3.63, 3.8) is 0 Å². The summed E-state index contributed by atoms with van der Waals surface area (Å²) in [6.45, 7) is 6.05. The highest BCUT2D eigenvalue weighted by molar-refractivity contribution is 14.1. The summed E-state index contributed by atoms with van der Waals surface area (Å²) in [4.78, 5) is 39.9. The van der Waals surface area contributed by atoms with E-state index < -0.39 is 17.2 Å². The van der Waals surface area contributed by atoms with E-state index >= 15 is 0 Å². The van der Waals surface area contributed by atoms with Crippen molar-refractivity contribution < 1.29 is 4.79 Å². The molecule has 0 unspecified atom stereocenters. The quantitative estimate of drug-likeness (QED) is 0.169. The number of aromatic nitrogens is 2. The highest BCUT2D eigenvalue weighted by Gasteiger charge is 2.20. The van der Waals surface area contributed by atoms with Crippen LogP contribution in [0.25, 0.3) is 5.69 Å². The van der Waals surface area contributed by atoms with Gasteiger partial charge >= 0.3 is 5.69 Å². The van der Waals surface area contributed by atoms with E-state index in [9.17, 15) is 14.4 Å². The van der Waals surface area contributed by atoms with E-state index in [0.717, 1.165) is 54.3 Å². The van der Waals surface area contributed by atoms with E-state index in [1.165, 1.54) is 39.4 Å². The Labute approximate surface area is 227 Å². The molecule has 3 aromatic rings. The molecule has 0 aliphatic rings. The summed E-state index contributed by atoms with van der Waals surface area (Å²) in [6.07, 6.45) is 12.6. The van der Waals surface area contributed by atoms with Gasteiger partial charge in [0.05, 0.1) is 5.69 Å². The summed E-state index contributed by atoms with van der Waals surface area (Å²) in [6, 6.07) is 12.8. The molecule has 36 heavy (non-hydrogen) atoms. The SMILES string of the molecule is CCCCCCc1cc(-n2cc(C)c(=O)n(C(=O)c3ccccc3)c2=O)c(CCCCCC)cc1I. The molecule has 0 aliphatic carbocycles. The van der Waals surface area contributed by atoms with E-state index in [0.29, 0.717) is 11.1 Å². The van der Waals surface area contributed by atoms with Gasteiger partial charge in [-0.1, -0.05) is 70.6 Å². The molecule has 0 spiro atoms. The number of rotatable bonds is 12. The van der Waals surface area contributed by atoms with Gasteiger partial charge in [0, 0.05) is 20.9 Å². The van der Waals surface area contributed by atoms with Gasteiger partial charge < -0.3 is 0 Å². The maximum atomic E-state index is 13.7. The minimum Gasteiger partial charge on any atom is -0.268 e. The average molecular weight is 601 g/mol. The van der Waals surface area contributed by atoms with Crippen LogP contribution in [0.2, 0.25) is 0 Å². The molecule has 0 radical (unpaired) electrons. The van der Waals surface area contributed by atoms with Crippen LogP contribution in [-0.4, -0.2) is 15.0 Å². The molecule has 0 saturated carbocycles. The second-order valence-electron chi connectivity index (χ2n) is 9.47. The first-order valence-corrected chi connectivity index (χ1v) is 14.2. The van der Waals surface area contributed by atoms with Crippen molar-refractivity contribution in [2.45, 2.75) is 85.0 Å². The summed E-state index contributed by atoms with van der Waals surface area (Å²) in [5.74, 6) is -0.599. The Kier molecular flexibility index (Phi) is 10.7. The van der Waals surface area contributed by atoms with Crippen LogP contribution < -0.4 is 11.2 Å². The van der Waals surface area contributed by atoms with E-state index in [4.69, 9.17) is 0 Å². The van der Waals surface area contributed by atoms with Crippen molar-refractivity contribution in [1.29, 1.82) is 0 Å². The molecule has 2 aromatic carbocycles. The van der Waals surface area contributed by atoms with E-state index in [1.807, 2.05) is 0 Å². The normalized spacial score (nSPS) is 11.1. The number of hydrogen-bond donors (Lipinski definition) is 0. The number of aryl methyl sites for hydroxylation is 3. The molecule has 192 valence electrons. The first-order chi connectivity index (χ1) is 17.4. The minimum absolute atomic E-state index is 0.313. The van der Waals surface area contributed by atoms with Crippen LogP contribution in [-0.2, 0) is 12.8 Å². The Hall–Kier alpha value is -2.48. The van der Waals surface area contributed by atoms with Crippen LogP contribution in [0, 0.1) is 10.5 Å². The largest absolute Gasteiger partial charge is 0.342 e. The molecular weight excluding hydrogens is 563 g/mol. The predicted octanol–water partition coefficient (Wildman–Crippen LogP) is 6.85. The molecule has 0 aliphatic heterocycles. The number of benzene rings is 2. The van der Waals surface area contributed by atoms with Gasteiger partial charge in [-0.05, 0) is 90.6 Å². The maximum absolute atomic E-state index is 13.7. The summed E-state index contributed by atoms with van der Waals surface area (Å²) in [5.41, 5.74) is 2.54. The third kappa shape index (κ3) is 6.84. The van der Waals surface area contributed by atoms with Gasteiger partial charge in [0.15, 0.2) is 0 Å². The van der Waals surface area contributed by atoms with Crippen LogP contribution >= 0.6 is 22.6 Å². The molecule has 0 fully saturated rings. The van der Waals surface area contributed by atoms with Crippen molar-refractivity contribution in [1.82, 2.24) is 9.13 Å². The molecule has 3 rings (SSSR count). The summed E-state index contributed by atoms with van der Waals surface area (Å²) < 4.78 is 3.50. The van der Waals surface area contributed by atoms with Crippen LogP contribution in [0.15, 0.2) is 58.3 Å². The highest BCUT2D eigenvalue weighted by Crippen LogP contribution is 2.25. The molecule has 0 bridgehead atoms. The van der Waals surface area contributed by atoms with Crippen molar-refractivity contribution >= 4 is 28.5 Å². The summed E-state index contributed by atoms with van der Waals surface area (Å²) in [7, 11) is 0. The van der Waals surface area contributed by atoms with Crippen molar-refractivity contribution in [3.05, 3.63) is 95.3 Å². The number of halogens is 1. The van der Waals surface area contributed by atoms with Gasteiger partial charge in [-0.3, -0.25) is 14.2 Å². The lowest BCUT2D eigenvalue weighted by molar-refractivity contribution is 0.0949. The van der Waals surface area contributed by atoms with Gasteiger partial charge in [-0.25, -0.2) is 4.79 Å². The Morgan fingerprint density at radius 1 is 0.833 bits per heavy atom. The fraction of sp³-hybridized carbons (Fsp3) is 0.433. The molecule has 0 atom stereocenters. The third-order valence-corrected chi connectivity index (χ3v) is 7.60. The van der Waals surface area contributed by atoms with E-state index in [2.05, 4.69) is 48.6 Å². The lowest BCUT2D eigenvalue weighted by atomic mass is 9.99. The second kappa shape index (κ2) is 13.7. The van der Waals surface area contributed by atoms with Crippen molar-refractivity contribution in [2.75, 3.05) is 0 Å². The molecule has 0 N–H and O–H groups in total. The summed E-state index contributed by atoms with van der Waals surface area (Å²) in [5, 5.41) is 0. The standard InChI is InChI=1S/C30H37IN2O3/c1-4-6-8-11-17-24-20-27(25(19-26(24)31)18-12-9-7-5-2)32-21-22(3)28(34)33(30(32)36)29(35)23-15-13-10-14-16-23/h10,13-16,19-21H,4-9,11-12,17-18H2,1-3H3. The molecular formula is C30H37IN2O3. The molecule has 6 heteroatoms. The third-order valence-electron chi connectivity index (χ3n) is 6.59. The predicted molar refractivity (Wildman–Crippen MR) is 156 cm³/mol. The van der Waals surface area contributed by atoms with Crippen molar-refractivity contribution in [2.24, 2.45) is 0 Å². The fourth-order valence-corrected chi connectivity index (χ4v) is 5.28. The van der Waals surface area contributed by atoms with E-state index in [-0.39, 0.29) is 0 Å². The highest BCUT2D eigenvalue weighted by atomic mass is 127. The van der Waals surface area contributed by atoms with Crippen LogP contribution in [0.4, 0.5) is 0 Å². The van der Waals surface area contributed by atoms with E-state index in [1.54, 1.807) is 43.5 Å². The molecule has 1 aromatic heterocycles. The zero-order chi connectivity index (χ0) is 26.1. The first kappa shape index (κ1) is 28.1.